The van der Waals surface area contributed by atoms with Gasteiger partial charge in [0.25, 0.3) is 0 Å². The van der Waals surface area contributed by atoms with Crippen LogP contribution in [0.2, 0.25) is 0 Å². The van der Waals surface area contributed by atoms with Crippen molar-refractivity contribution in [1.82, 2.24) is 0 Å². The van der Waals surface area contributed by atoms with Crippen LogP contribution in [0.15, 0.2) is 18.2 Å². The van der Waals surface area contributed by atoms with E-state index in [2.05, 4.69) is 36.9 Å². The molecule has 0 spiro atoms. The summed E-state index contributed by atoms with van der Waals surface area (Å²) in [4.78, 5) is 12.9. The fourth-order valence-corrected chi connectivity index (χ4v) is 2.42. The Morgan fingerprint density at radius 1 is 1.53 bits per heavy atom. The molecule has 0 bridgehead atoms. The zero-order valence-electron chi connectivity index (χ0n) is 9.36. The highest BCUT2D eigenvalue weighted by molar-refractivity contribution is 5.63. The molecule has 1 heterocycles. The van der Waals surface area contributed by atoms with E-state index in [1.807, 2.05) is 0 Å². The van der Waals surface area contributed by atoms with Crippen LogP contribution in [0.1, 0.15) is 25.0 Å². The number of fused-ring (bicyclic) bond motifs is 1. The average molecular weight is 203 g/mol. The number of rotatable bonds is 3. The molecule has 1 aliphatic rings. The minimum Gasteiger partial charge on any atom is -0.369 e. The Balaban J connectivity index is 2.35. The maximum atomic E-state index is 10.5. The monoisotopic (exact) mass is 203 g/mol. The summed E-state index contributed by atoms with van der Waals surface area (Å²) in [5, 5.41) is 0. The lowest BCUT2D eigenvalue weighted by molar-refractivity contribution is -0.107. The topological polar surface area (TPSA) is 20.3 Å². The van der Waals surface area contributed by atoms with Crippen molar-refractivity contribution in [3.05, 3.63) is 29.3 Å². The van der Waals surface area contributed by atoms with Gasteiger partial charge in [0.2, 0.25) is 0 Å². The predicted octanol–water partition coefficient (Wildman–Crippen LogP) is 2.20. The Labute approximate surface area is 90.9 Å². The van der Waals surface area contributed by atoms with Crippen LogP contribution in [0.4, 0.5) is 5.69 Å². The minimum atomic E-state index is 0.527. The van der Waals surface area contributed by atoms with Gasteiger partial charge >= 0.3 is 0 Å². The third-order valence-corrected chi connectivity index (χ3v) is 3.17. The van der Waals surface area contributed by atoms with E-state index in [9.17, 15) is 4.79 Å². The van der Waals surface area contributed by atoms with Crippen molar-refractivity contribution in [2.45, 2.75) is 32.7 Å². The van der Waals surface area contributed by atoms with Gasteiger partial charge in [-0.1, -0.05) is 12.1 Å². The molecule has 2 nitrogen and oxygen atoms in total. The highest BCUT2D eigenvalue weighted by Crippen LogP contribution is 2.32. The molecule has 1 aromatic rings. The molecular weight excluding hydrogens is 186 g/mol. The van der Waals surface area contributed by atoms with Crippen molar-refractivity contribution in [1.29, 1.82) is 0 Å². The van der Waals surface area contributed by atoms with Crippen LogP contribution in [-0.4, -0.2) is 18.9 Å². The van der Waals surface area contributed by atoms with E-state index in [1.54, 1.807) is 0 Å². The highest BCUT2D eigenvalue weighted by atomic mass is 16.1. The second-order valence-corrected chi connectivity index (χ2v) is 4.17. The first-order chi connectivity index (χ1) is 7.26. The lowest BCUT2D eigenvalue weighted by atomic mass is 10.1. The number of hydrogen-bond acceptors (Lipinski definition) is 2. The molecule has 0 aliphatic carbocycles. The normalized spacial score (nSPS) is 19.1. The first-order valence-corrected chi connectivity index (χ1v) is 5.58. The van der Waals surface area contributed by atoms with Crippen LogP contribution in [0.25, 0.3) is 0 Å². The number of aldehydes is 1. The van der Waals surface area contributed by atoms with Crippen LogP contribution in [-0.2, 0) is 17.6 Å². The third kappa shape index (κ3) is 1.76. The molecule has 80 valence electrons. The summed E-state index contributed by atoms with van der Waals surface area (Å²) in [5.41, 5.74) is 3.86. The van der Waals surface area contributed by atoms with Crippen molar-refractivity contribution in [3.63, 3.8) is 0 Å². The van der Waals surface area contributed by atoms with Gasteiger partial charge in [-0.2, -0.15) is 0 Å². The van der Waals surface area contributed by atoms with E-state index in [0.29, 0.717) is 12.5 Å². The standard InChI is InChI=1S/C13H17NO/c1-3-14-10(2)8-12-5-4-11(6-7-15)9-13(12)14/h4-5,7,9-10H,3,6,8H2,1-2H3. The van der Waals surface area contributed by atoms with Crippen LogP contribution >= 0.6 is 0 Å². The fraction of sp³-hybridized carbons (Fsp3) is 0.462. The second kappa shape index (κ2) is 4.05. The summed E-state index contributed by atoms with van der Waals surface area (Å²) in [5.74, 6) is 0. The summed E-state index contributed by atoms with van der Waals surface area (Å²) in [6.45, 7) is 5.47. The zero-order chi connectivity index (χ0) is 10.8. The number of anilines is 1. The van der Waals surface area contributed by atoms with Gasteiger partial charge in [0.15, 0.2) is 0 Å². The largest absolute Gasteiger partial charge is 0.369 e. The van der Waals surface area contributed by atoms with E-state index < -0.39 is 0 Å². The maximum Gasteiger partial charge on any atom is 0.124 e. The van der Waals surface area contributed by atoms with E-state index in [4.69, 9.17) is 0 Å². The van der Waals surface area contributed by atoms with Crippen LogP contribution in [0, 0.1) is 0 Å². The quantitative estimate of drug-likeness (QED) is 0.702. The first-order valence-electron chi connectivity index (χ1n) is 5.58. The van der Waals surface area contributed by atoms with E-state index in [0.717, 1.165) is 24.8 Å². The maximum absolute atomic E-state index is 10.5. The SMILES string of the molecule is CCN1c2cc(CC=O)ccc2CC1C. The van der Waals surface area contributed by atoms with Crippen LogP contribution in [0.3, 0.4) is 0 Å². The Morgan fingerprint density at radius 3 is 3.00 bits per heavy atom. The Kier molecular flexibility index (Phi) is 2.76. The summed E-state index contributed by atoms with van der Waals surface area (Å²) in [7, 11) is 0. The van der Waals surface area contributed by atoms with Crippen LogP contribution < -0.4 is 4.90 Å². The summed E-state index contributed by atoms with van der Waals surface area (Å²) in [6.07, 6.45) is 2.63. The number of nitrogens with zero attached hydrogens (tertiary/aromatic N) is 1. The Bertz CT molecular complexity index is 373. The van der Waals surface area contributed by atoms with Crippen molar-refractivity contribution in [2.75, 3.05) is 11.4 Å². The fourth-order valence-electron chi connectivity index (χ4n) is 2.42. The minimum absolute atomic E-state index is 0.527. The molecule has 1 atom stereocenters. The molecule has 0 fully saturated rings. The van der Waals surface area contributed by atoms with Gasteiger partial charge in [-0.15, -0.1) is 0 Å². The predicted molar refractivity (Wildman–Crippen MR) is 62.4 cm³/mol. The number of carbonyl (C=O) groups is 1. The first kappa shape index (κ1) is 10.2. The lowest BCUT2D eigenvalue weighted by Gasteiger charge is -2.23. The molecule has 1 aromatic carbocycles. The number of carbonyl (C=O) groups excluding carboxylic acids is 1. The van der Waals surface area contributed by atoms with Gasteiger partial charge in [0.1, 0.15) is 6.29 Å². The molecule has 2 rings (SSSR count). The van der Waals surface area contributed by atoms with Crippen molar-refractivity contribution in [2.24, 2.45) is 0 Å². The average Bonchev–Trinajstić information content (AvgIpc) is 2.53. The molecule has 0 amide bonds. The molecule has 1 aliphatic heterocycles. The van der Waals surface area contributed by atoms with Gasteiger partial charge in [-0.3, -0.25) is 0 Å². The Morgan fingerprint density at radius 2 is 2.33 bits per heavy atom. The van der Waals surface area contributed by atoms with Gasteiger partial charge in [0, 0.05) is 24.7 Å². The van der Waals surface area contributed by atoms with Gasteiger partial charge in [0.05, 0.1) is 0 Å². The Hall–Kier alpha value is -1.31. The van der Waals surface area contributed by atoms with Crippen LogP contribution in [0.5, 0.6) is 0 Å². The number of likely N-dealkylation sites (N-methyl/N-ethyl adjacent to an activating group) is 1. The van der Waals surface area contributed by atoms with Gasteiger partial charge in [-0.25, -0.2) is 0 Å². The summed E-state index contributed by atoms with van der Waals surface area (Å²) >= 11 is 0. The van der Waals surface area contributed by atoms with Crippen molar-refractivity contribution >= 4 is 12.0 Å². The number of benzene rings is 1. The molecule has 0 saturated heterocycles. The zero-order valence-corrected chi connectivity index (χ0v) is 9.36. The van der Waals surface area contributed by atoms with E-state index in [1.165, 1.54) is 11.3 Å². The molecule has 0 N–H and O–H groups in total. The molecule has 0 radical (unpaired) electrons. The summed E-state index contributed by atoms with van der Waals surface area (Å²) in [6, 6.07) is 6.99. The molecule has 1 unspecified atom stereocenters. The lowest BCUT2D eigenvalue weighted by Crippen LogP contribution is -2.28. The third-order valence-electron chi connectivity index (χ3n) is 3.17. The van der Waals surface area contributed by atoms with Crippen molar-refractivity contribution in [3.8, 4) is 0 Å². The van der Waals surface area contributed by atoms with Gasteiger partial charge in [-0.05, 0) is 37.5 Å². The molecule has 0 aromatic heterocycles. The van der Waals surface area contributed by atoms with E-state index >= 15 is 0 Å². The van der Waals surface area contributed by atoms with Crippen molar-refractivity contribution < 1.29 is 4.79 Å². The smallest absolute Gasteiger partial charge is 0.124 e. The molecule has 0 saturated carbocycles. The summed E-state index contributed by atoms with van der Waals surface area (Å²) < 4.78 is 0. The molecule has 2 heteroatoms. The molecule has 15 heavy (non-hydrogen) atoms. The van der Waals surface area contributed by atoms with Gasteiger partial charge < -0.3 is 9.69 Å². The highest BCUT2D eigenvalue weighted by Gasteiger charge is 2.24. The second-order valence-electron chi connectivity index (χ2n) is 4.17. The number of hydrogen-bond donors (Lipinski definition) is 0. The van der Waals surface area contributed by atoms with E-state index in [-0.39, 0.29) is 0 Å². The molecular formula is C13H17NO.